The third kappa shape index (κ3) is 3.48. The SMILES string of the molecule is CN1Cc2c(ccc3[nH]ncc23)[C@@H](c2c(F)cc(OC3CN(CCCF)C3)cc2F)[C@@H]1C1C2CC21. The van der Waals surface area contributed by atoms with E-state index in [9.17, 15) is 4.39 Å². The molecule has 3 fully saturated rings. The molecule has 7 rings (SSSR count). The van der Waals surface area contributed by atoms with E-state index in [0.29, 0.717) is 43.8 Å². The molecule has 5 nitrogen and oxygen atoms in total. The Morgan fingerprint density at radius 3 is 2.60 bits per heavy atom. The van der Waals surface area contributed by atoms with Gasteiger partial charge < -0.3 is 4.74 Å². The zero-order valence-corrected chi connectivity index (χ0v) is 19.7. The number of nitrogens with zero attached hydrogens (tertiary/aromatic N) is 3. The molecule has 2 aliphatic carbocycles. The monoisotopic (exact) mass is 482 g/mol. The summed E-state index contributed by atoms with van der Waals surface area (Å²) in [6.07, 6.45) is 3.43. The van der Waals surface area contributed by atoms with E-state index >= 15 is 8.78 Å². The lowest BCUT2D eigenvalue weighted by molar-refractivity contribution is 0.0180. The Hall–Kier alpha value is -2.58. The van der Waals surface area contributed by atoms with Gasteiger partial charge in [0.2, 0.25) is 0 Å². The quantitative estimate of drug-likeness (QED) is 0.540. The number of likely N-dealkylation sites (N-methyl/N-ethyl adjacent to an activating group) is 1. The average molecular weight is 483 g/mol. The van der Waals surface area contributed by atoms with Gasteiger partial charge in [0.05, 0.1) is 18.4 Å². The van der Waals surface area contributed by atoms with Crippen LogP contribution in [0.3, 0.4) is 0 Å². The molecule has 0 spiro atoms. The van der Waals surface area contributed by atoms with Crippen molar-refractivity contribution >= 4 is 10.9 Å². The number of hydrogen-bond acceptors (Lipinski definition) is 4. The Labute approximate surface area is 202 Å². The van der Waals surface area contributed by atoms with Gasteiger partial charge in [-0.25, -0.2) is 8.78 Å². The predicted molar refractivity (Wildman–Crippen MR) is 126 cm³/mol. The summed E-state index contributed by atoms with van der Waals surface area (Å²) in [6.45, 7) is 2.39. The molecule has 3 heterocycles. The first-order valence-corrected chi connectivity index (χ1v) is 12.6. The number of likely N-dealkylation sites (tertiary alicyclic amines) is 1. The van der Waals surface area contributed by atoms with E-state index in [1.807, 2.05) is 18.3 Å². The Bertz CT molecular complexity index is 1260. The summed E-state index contributed by atoms with van der Waals surface area (Å²) in [5, 5.41) is 8.23. The van der Waals surface area contributed by atoms with Crippen LogP contribution in [0.5, 0.6) is 5.75 Å². The van der Waals surface area contributed by atoms with E-state index in [0.717, 1.165) is 28.6 Å². The summed E-state index contributed by atoms with van der Waals surface area (Å²) in [6, 6.07) is 6.76. The first-order valence-electron chi connectivity index (χ1n) is 12.6. The Balaban J connectivity index is 1.23. The second-order valence-electron chi connectivity index (χ2n) is 10.8. The van der Waals surface area contributed by atoms with E-state index in [-0.39, 0.29) is 36.1 Å². The van der Waals surface area contributed by atoms with Crippen LogP contribution < -0.4 is 4.74 Å². The number of H-pyrrole nitrogens is 1. The van der Waals surface area contributed by atoms with Gasteiger partial charge in [0, 0.05) is 61.2 Å². The fourth-order valence-electron chi connectivity index (χ4n) is 6.71. The van der Waals surface area contributed by atoms with E-state index in [1.165, 1.54) is 18.6 Å². The van der Waals surface area contributed by atoms with Gasteiger partial charge >= 0.3 is 0 Å². The van der Waals surface area contributed by atoms with Crippen molar-refractivity contribution < 1.29 is 17.9 Å². The first kappa shape index (κ1) is 21.7. The van der Waals surface area contributed by atoms with Crippen molar-refractivity contribution in [3.8, 4) is 5.75 Å². The van der Waals surface area contributed by atoms with Crippen molar-refractivity contribution in [2.45, 2.75) is 37.5 Å². The third-order valence-corrected chi connectivity index (χ3v) is 8.70. The Kier molecular flexibility index (Phi) is 4.93. The van der Waals surface area contributed by atoms with Gasteiger partial charge in [0.25, 0.3) is 0 Å². The molecule has 0 bridgehead atoms. The van der Waals surface area contributed by atoms with Gasteiger partial charge in [-0.15, -0.1) is 0 Å². The lowest BCUT2D eigenvalue weighted by Gasteiger charge is -2.43. The summed E-state index contributed by atoms with van der Waals surface area (Å²) in [5.74, 6) is 0.652. The molecule has 0 amide bonds. The minimum Gasteiger partial charge on any atom is -0.488 e. The largest absolute Gasteiger partial charge is 0.488 e. The summed E-state index contributed by atoms with van der Waals surface area (Å²) >= 11 is 0. The second-order valence-corrected chi connectivity index (χ2v) is 10.8. The normalized spacial score (nSPS) is 30.1. The van der Waals surface area contributed by atoms with Gasteiger partial charge in [-0.1, -0.05) is 6.07 Å². The molecule has 4 aliphatic rings. The number of rotatable bonds is 7. The number of halogens is 3. The number of fused-ring (bicyclic) bond motifs is 4. The molecule has 4 atom stereocenters. The summed E-state index contributed by atoms with van der Waals surface area (Å²) in [5.41, 5.74) is 3.18. The van der Waals surface area contributed by atoms with E-state index < -0.39 is 11.6 Å². The Morgan fingerprint density at radius 1 is 1.14 bits per heavy atom. The number of aromatic nitrogens is 2. The van der Waals surface area contributed by atoms with Gasteiger partial charge in [0.15, 0.2) is 0 Å². The first-order chi connectivity index (χ1) is 17.0. The van der Waals surface area contributed by atoms with E-state index in [2.05, 4.69) is 27.0 Å². The van der Waals surface area contributed by atoms with Gasteiger partial charge in [-0.3, -0.25) is 19.3 Å². The van der Waals surface area contributed by atoms with Crippen LogP contribution in [0.25, 0.3) is 10.9 Å². The highest BCUT2D eigenvalue weighted by Crippen LogP contribution is 2.72. The van der Waals surface area contributed by atoms with Gasteiger partial charge in [-0.2, -0.15) is 5.10 Å². The average Bonchev–Trinajstić information content (AvgIpc) is 3.67. The van der Waals surface area contributed by atoms with E-state index in [1.54, 1.807) is 0 Å². The number of nitrogens with one attached hydrogen (secondary N) is 1. The maximum atomic E-state index is 15.7. The summed E-state index contributed by atoms with van der Waals surface area (Å²) in [7, 11) is 2.08. The molecule has 35 heavy (non-hydrogen) atoms. The maximum Gasteiger partial charge on any atom is 0.133 e. The zero-order chi connectivity index (χ0) is 23.8. The summed E-state index contributed by atoms with van der Waals surface area (Å²) < 4.78 is 49.7. The molecule has 2 aliphatic heterocycles. The van der Waals surface area contributed by atoms with Crippen molar-refractivity contribution in [2.75, 3.05) is 33.4 Å². The number of aromatic amines is 1. The van der Waals surface area contributed by atoms with Crippen LogP contribution >= 0.6 is 0 Å². The van der Waals surface area contributed by atoms with Crippen LogP contribution in [0.1, 0.15) is 35.4 Å². The second kappa shape index (κ2) is 7.96. The topological polar surface area (TPSA) is 44.4 Å². The molecule has 1 saturated heterocycles. The molecule has 8 heteroatoms. The fourth-order valence-corrected chi connectivity index (χ4v) is 6.71. The minimum atomic E-state index is -0.550. The van der Waals surface area contributed by atoms with Gasteiger partial charge in [0.1, 0.15) is 23.5 Å². The molecule has 2 saturated carbocycles. The zero-order valence-electron chi connectivity index (χ0n) is 19.7. The van der Waals surface area contributed by atoms with Crippen LogP contribution in [-0.2, 0) is 6.54 Å². The van der Waals surface area contributed by atoms with Crippen molar-refractivity contribution in [1.29, 1.82) is 0 Å². The predicted octanol–water partition coefficient (Wildman–Crippen LogP) is 4.48. The lowest BCUT2D eigenvalue weighted by Crippen LogP contribution is -2.53. The molecule has 3 aromatic rings. The molecule has 1 aromatic heterocycles. The molecule has 2 aromatic carbocycles. The van der Waals surface area contributed by atoms with Crippen molar-refractivity contribution in [3.05, 3.63) is 58.8 Å². The van der Waals surface area contributed by atoms with Crippen LogP contribution in [0, 0.1) is 29.4 Å². The van der Waals surface area contributed by atoms with E-state index in [4.69, 9.17) is 4.74 Å². The third-order valence-electron chi connectivity index (χ3n) is 8.70. The molecule has 0 radical (unpaired) electrons. The van der Waals surface area contributed by atoms with Crippen molar-refractivity contribution in [2.24, 2.45) is 17.8 Å². The fraction of sp³-hybridized carbons (Fsp3) is 0.519. The molecule has 1 N–H and O–H groups in total. The number of alkyl halides is 1. The van der Waals surface area contributed by atoms with Crippen molar-refractivity contribution in [3.63, 3.8) is 0 Å². The van der Waals surface area contributed by atoms with Crippen LogP contribution in [0.4, 0.5) is 13.2 Å². The summed E-state index contributed by atoms with van der Waals surface area (Å²) in [4.78, 5) is 4.38. The number of hydrogen-bond donors (Lipinski definition) is 1. The maximum absolute atomic E-state index is 15.7. The lowest BCUT2D eigenvalue weighted by atomic mass is 9.74. The number of ether oxygens (including phenoxy) is 1. The Morgan fingerprint density at radius 2 is 1.91 bits per heavy atom. The highest BCUT2D eigenvalue weighted by molar-refractivity contribution is 5.83. The standard InChI is InChI=1S/C27H29F3N4O/c1-33-13-20-16(3-4-23-19(20)10-31-32-23)25(27(33)24-17-9-18(17)24)26-21(29)7-14(8-22(26)30)35-15-11-34(12-15)6-2-5-28/h3-4,7-8,10,15,17-18,24-25,27H,2,5-6,9,11-13H2,1H3,(H,31,32)/t17?,18?,24?,25-,27-/m0/s1. The molecular weight excluding hydrogens is 453 g/mol. The molecule has 2 unspecified atom stereocenters. The van der Waals surface area contributed by atoms with Crippen LogP contribution in [-0.4, -0.2) is 65.5 Å². The van der Waals surface area contributed by atoms with Gasteiger partial charge in [-0.05, 0) is 54.8 Å². The van der Waals surface area contributed by atoms with Crippen molar-refractivity contribution in [1.82, 2.24) is 20.0 Å². The highest BCUT2D eigenvalue weighted by atomic mass is 19.1. The molecular formula is C27H29F3N4O. The smallest absolute Gasteiger partial charge is 0.133 e. The highest BCUT2D eigenvalue weighted by Gasteiger charge is 2.68. The van der Waals surface area contributed by atoms with Crippen LogP contribution in [0.15, 0.2) is 30.5 Å². The number of benzene rings is 2. The molecule has 184 valence electrons. The minimum absolute atomic E-state index is 0.0714. The van der Waals surface area contributed by atoms with Crippen LogP contribution in [0.2, 0.25) is 0 Å².